The number of hydrogen-bond donors (Lipinski definition) is 1. The van der Waals surface area contributed by atoms with Crippen LogP contribution in [-0.2, 0) is 6.54 Å². The predicted octanol–water partition coefficient (Wildman–Crippen LogP) is 3.32. The van der Waals surface area contributed by atoms with E-state index in [1.807, 2.05) is 23.1 Å². The maximum Gasteiger partial charge on any atom is 0.0593 e. The molecular weight excluding hydrogens is 393 g/mol. The summed E-state index contributed by atoms with van der Waals surface area (Å²) in [7, 11) is 0. The number of hydrogen-bond acceptors (Lipinski definition) is 2. The molecular formula is C12H13BrIN3. The van der Waals surface area contributed by atoms with Gasteiger partial charge in [0.25, 0.3) is 0 Å². The van der Waals surface area contributed by atoms with Crippen LogP contribution >= 0.6 is 38.5 Å². The minimum Gasteiger partial charge on any atom is -0.320 e. The summed E-state index contributed by atoms with van der Waals surface area (Å²) in [6.45, 7) is 2.92. The van der Waals surface area contributed by atoms with Crippen LogP contribution in [0.15, 0.2) is 35.1 Å². The van der Waals surface area contributed by atoms with E-state index in [9.17, 15) is 0 Å². The fourth-order valence-electron chi connectivity index (χ4n) is 1.65. The van der Waals surface area contributed by atoms with Gasteiger partial charge in [-0.25, -0.2) is 0 Å². The second-order valence-electron chi connectivity index (χ2n) is 3.77. The lowest BCUT2D eigenvalue weighted by atomic mass is 10.0. The van der Waals surface area contributed by atoms with Gasteiger partial charge < -0.3 is 5.73 Å². The third-order valence-corrected chi connectivity index (χ3v) is 4.11. The summed E-state index contributed by atoms with van der Waals surface area (Å²) in [5.41, 5.74) is 8.44. The van der Waals surface area contributed by atoms with Crippen LogP contribution in [0.5, 0.6) is 0 Å². The first-order valence-corrected chi connectivity index (χ1v) is 7.22. The molecule has 17 heavy (non-hydrogen) atoms. The first kappa shape index (κ1) is 13.0. The predicted molar refractivity (Wildman–Crippen MR) is 80.8 cm³/mol. The summed E-state index contributed by atoms with van der Waals surface area (Å²) in [6, 6.07) is 6.02. The van der Waals surface area contributed by atoms with Gasteiger partial charge in [0.05, 0.1) is 12.2 Å². The Morgan fingerprint density at radius 1 is 1.53 bits per heavy atom. The normalized spacial score (nSPS) is 12.7. The number of aryl methyl sites for hydroxylation is 1. The molecule has 1 aromatic heterocycles. The summed E-state index contributed by atoms with van der Waals surface area (Å²) < 4.78 is 4.11. The molecule has 2 aromatic rings. The first-order chi connectivity index (χ1) is 8.11. The molecule has 0 bridgehead atoms. The van der Waals surface area contributed by atoms with Crippen LogP contribution in [0.25, 0.3) is 0 Å². The van der Waals surface area contributed by atoms with Gasteiger partial charge in [-0.05, 0) is 53.3 Å². The largest absolute Gasteiger partial charge is 0.320 e. The van der Waals surface area contributed by atoms with Crippen LogP contribution in [0.1, 0.15) is 24.1 Å². The second-order valence-corrected chi connectivity index (χ2v) is 5.85. The smallest absolute Gasteiger partial charge is 0.0593 e. The van der Waals surface area contributed by atoms with Crippen molar-refractivity contribution in [2.75, 3.05) is 0 Å². The zero-order chi connectivity index (χ0) is 12.4. The van der Waals surface area contributed by atoms with Crippen molar-refractivity contribution in [2.45, 2.75) is 19.5 Å². The number of rotatable bonds is 3. The van der Waals surface area contributed by atoms with E-state index in [1.165, 1.54) is 3.57 Å². The zero-order valence-electron chi connectivity index (χ0n) is 9.40. The van der Waals surface area contributed by atoms with Crippen molar-refractivity contribution in [3.63, 3.8) is 0 Å². The van der Waals surface area contributed by atoms with Crippen LogP contribution < -0.4 is 5.73 Å². The summed E-state index contributed by atoms with van der Waals surface area (Å²) in [4.78, 5) is 0. The highest BCUT2D eigenvalue weighted by Gasteiger charge is 2.14. The van der Waals surface area contributed by atoms with Gasteiger partial charge in [0.2, 0.25) is 0 Å². The molecule has 0 saturated carbocycles. The summed E-state index contributed by atoms with van der Waals surface area (Å²) in [5.74, 6) is 0. The fourth-order valence-corrected chi connectivity index (χ4v) is 2.70. The van der Waals surface area contributed by atoms with E-state index in [0.717, 1.165) is 22.1 Å². The summed E-state index contributed by atoms with van der Waals surface area (Å²) >= 11 is 5.78. The Hall–Kier alpha value is -0.400. The maximum absolute atomic E-state index is 6.28. The number of nitrogens with two attached hydrogens (primary N) is 1. The molecule has 3 nitrogen and oxygen atoms in total. The van der Waals surface area contributed by atoms with Crippen molar-refractivity contribution in [3.05, 3.63) is 49.8 Å². The van der Waals surface area contributed by atoms with Gasteiger partial charge in [0, 0.05) is 26.3 Å². The molecule has 1 aromatic carbocycles. The van der Waals surface area contributed by atoms with E-state index in [1.54, 1.807) is 0 Å². The second kappa shape index (κ2) is 5.49. The van der Waals surface area contributed by atoms with E-state index >= 15 is 0 Å². The number of benzene rings is 1. The molecule has 0 spiro atoms. The molecule has 0 amide bonds. The highest BCUT2D eigenvalue weighted by molar-refractivity contribution is 14.1. The molecule has 0 aliphatic heterocycles. The van der Waals surface area contributed by atoms with Gasteiger partial charge in [-0.15, -0.1) is 0 Å². The molecule has 1 heterocycles. The van der Waals surface area contributed by atoms with Gasteiger partial charge in [-0.2, -0.15) is 5.10 Å². The topological polar surface area (TPSA) is 43.8 Å². The van der Waals surface area contributed by atoms with Gasteiger partial charge >= 0.3 is 0 Å². The average molecular weight is 406 g/mol. The van der Waals surface area contributed by atoms with Crippen molar-refractivity contribution in [2.24, 2.45) is 5.73 Å². The molecule has 0 radical (unpaired) electrons. The van der Waals surface area contributed by atoms with Crippen LogP contribution in [0.4, 0.5) is 0 Å². The lowest BCUT2D eigenvalue weighted by Gasteiger charge is -2.12. The van der Waals surface area contributed by atoms with Crippen molar-refractivity contribution in [1.29, 1.82) is 0 Å². The van der Waals surface area contributed by atoms with E-state index < -0.39 is 0 Å². The van der Waals surface area contributed by atoms with Gasteiger partial charge in [0.15, 0.2) is 0 Å². The number of nitrogens with zero attached hydrogens (tertiary/aromatic N) is 2. The molecule has 5 heteroatoms. The molecule has 1 unspecified atom stereocenters. The SMILES string of the molecule is CCn1cc(C(N)c2cc(Br)ccc2I)cn1. The van der Waals surface area contributed by atoms with Crippen LogP contribution in [-0.4, -0.2) is 9.78 Å². The minimum absolute atomic E-state index is 0.125. The lowest BCUT2D eigenvalue weighted by molar-refractivity contribution is 0.658. The van der Waals surface area contributed by atoms with E-state index in [2.05, 4.69) is 62.7 Å². The van der Waals surface area contributed by atoms with Crippen molar-refractivity contribution < 1.29 is 0 Å². The maximum atomic E-state index is 6.28. The van der Waals surface area contributed by atoms with Gasteiger partial charge in [-0.1, -0.05) is 15.9 Å². The Morgan fingerprint density at radius 2 is 2.29 bits per heavy atom. The Bertz CT molecular complexity index is 524. The van der Waals surface area contributed by atoms with Crippen LogP contribution in [0, 0.1) is 3.57 Å². The third-order valence-electron chi connectivity index (χ3n) is 2.63. The average Bonchev–Trinajstić information content (AvgIpc) is 2.80. The standard InChI is InChI=1S/C12H13BrIN3/c1-2-17-7-8(6-16-17)12(15)10-5-9(13)3-4-11(10)14/h3-7,12H,2,15H2,1H3. The molecule has 0 fully saturated rings. The highest BCUT2D eigenvalue weighted by Crippen LogP contribution is 2.26. The Labute approximate surface area is 123 Å². The van der Waals surface area contributed by atoms with Gasteiger partial charge in [-0.3, -0.25) is 4.68 Å². The molecule has 0 aliphatic carbocycles. The third kappa shape index (κ3) is 2.89. The van der Waals surface area contributed by atoms with E-state index in [-0.39, 0.29) is 6.04 Å². The van der Waals surface area contributed by atoms with E-state index in [0.29, 0.717) is 0 Å². The van der Waals surface area contributed by atoms with Crippen molar-refractivity contribution in [3.8, 4) is 0 Å². The molecule has 1 atom stereocenters. The Balaban J connectivity index is 2.35. The zero-order valence-corrected chi connectivity index (χ0v) is 13.1. The number of halogens is 2. The first-order valence-electron chi connectivity index (χ1n) is 5.34. The van der Waals surface area contributed by atoms with Crippen LogP contribution in [0.3, 0.4) is 0 Å². The highest BCUT2D eigenvalue weighted by atomic mass is 127. The number of aromatic nitrogens is 2. The molecule has 2 rings (SSSR count). The fraction of sp³-hybridized carbons (Fsp3) is 0.250. The molecule has 0 aliphatic rings. The van der Waals surface area contributed by atoms with Crippen molar-refractivity contribution >= 4 is 38.5 Å². The molecule has 2 N–H and O–H groups in total. The Kier molecular flexibility index (Phi) is 4.22. The minimum atomic E-state index is -0.125. The summed E-state index contributed by atoms with van der Waals surface area (Å²) in [6.07, 6.45) is 3.84. The van der Waals surface area contributed by atoms with Crippen molar-refractivity contribution in [1.82, 2.24) is 9.78 Å². The lowest BCUT2D eigenvalue weighted by Crippen LogP contribution is -2.12. The Morgan fingerprint density at radius 3 is 2.94 bits per heavy atom. The summed E-state index contributed by atoms with van der Waals surface area (Å²) in [5, 5.41) is 4.26. The quantitative estimate of drug-likeness (QED) is 0.796. The van der Waals surface area contributed by atoms with Gasteiger partial charge in [0.1, 0.15) is 0 Å². The molecule has 0 saturated heterocycles. The van der Waals surface area contributed by atoms with E-state index in [4.69, 9.17) is 5.73 Å². The monoisotopic (exact) mass is 405 g/mol. The molecule has 90 valence electrons. The van der Waals surface area contributed by atoms with Crippen LogP contribution in [0.2, 0.25) is 0 Å².